The van der Waals surface area contributed by atoms with E-state index in [2.05, 4.69) is 10.5 Å². The lowest BCUT2D eigenvalue weighted by Gasteiger charge is -2.01. The lowest BCUT2D eigenvalue weighted by Crippen LogP contribution is -1.98. The molecule has 1 aromatic carbocycles. The van der Waals surface area contributed by atoms with Crippen LogP contribution in [0.2, 0.25) is 5.02 Å². The average molecular weight is 294 g/mol. The smallest absolute Gasteiger partial charge is 0.348 e. The minimum Gasteiger partial charge on any atom is -0.477 e. The van der Waals surface area contributed by atoms with Gasteiger partial charge in [0.25, 0.3) is 0 Å². The van der Waals surface area contributed by atoms with E-state index in [1.165, 1.54) is 0 Å². The maximum atomic E-state index is 10.5. The Bertz CT molecular complexity index is 486. The Kier molecular flexibility index (Phi) is 5.28. The lowest BCUT2D eigenvalue weighted by molar-refractivity contribution is -0.131. The zero-order chi connectivity index (χ0) is 12.8. The van der Waals surface area contributed by atoms with Gasteiger partial charge in [-0.05, 0) is 12.1 Å². The summed E-state index contributed by atoms with van der Waals surface area (Å²) in [7, 11) is 0. The van der Waals surface area contributed by atoms with Crippen LogP contribution in [0.4, 0.5) is 5.69 Å². The van der Waals surface area contributed by atoms with Crippen LogP contribution in [0, 0.1) is 0 Å². The molecule has 0 aliphatic rings. The molecule has 0 saturated carbocycles. The second kappa shape index (κ2) is 6.49. The number of allylic oxidation sites excluding steroid dienone is 1. The average Bonchev–Trinajstić information content (AvgIpc) is 2.30. The van der Waals surface area contributed by atoms with Gasteiger partial charge in [0.15, 0.2) is 0 Å². The van der Waals surface area contributed by atoms with Gasteiger partial charge < -0.3 is 5.11 Å². The van der Waals surface area contributed by atoms with Crippen LogP contribution in [-0.4, -0.2) is 17.3 Å². The molecule has 4 nitrogen and oxygen atoms in total. The van der Waals surface area contributed by atoms with E-state index < -0.39 is 11.0 Å². The molecule has 0 radical (unpaired) electrons. The number of hydrazone groups is 1. The molecule has 0 spiro atoms. The molecule has 0 saturated heterocycles. The predicted molar refractivity (Wildman–Crippen MR) is 69.9 cm³/mol. The van der Waals surface area contributed by atoms with Crippen molar-refractivity contribution in [2.24, 2.45) is 5.10 Å². The van der Waals surface area contributed by atoms with Crippen LogP contribution in [0.5, 0.6) is 0 Å². The molecule has 0 aliphatic carbocycles. The van der Waals surface area contributed by atoms with Crippen LogP contribution in [-0.2, 0) is 4.79 Å². The van der Waals surface area contributed by atoms with Crippen LogP contribution in [0.15, 0.2) is 39.4 Å². The fraction of sp³-hybridized carbons (Fsp3) is 0. The van der Waals surface area contributed by atoms with Gasteiger partial charge in [0, 0.05) is 0 Å². The largest absolute Gasteiger partial charge is 0.477 e. The number of rotatable bonds is 4. The van der Waals surface area contributed by atoms with Crippen molar-refractivity contribution in [3.63, 3.8) is 0 Å². The summed E-state index contributed by atoms with van der Waals surface area (Å²) in [6.07, 6.45) is 1.08. The molecule has 0 atom stereocenters. The van der Waals surface area contributed by atoms with Gasteiger partial charge in [-0.3, -0.25) is 5.43 Å². The van der Waals surface area contributed by atoms with E-state index in [1.54, 1.807) is 24.3 Å². The van der Waals surface area contributed by atoms with E-state index in [-0.39, 0.29) is 5.03 Å². The zero-order valence-corrected chi connectivity index (χ0v) is 10.6. The second-order valence-corrected chi connectivity index (χ2v) is 4.01. The normalized spacial score (nSPS) is 12.4. The summed E-state index contributed by atoms with van der Waals surface area (Å²) >= 11 is 16.8. The van der Waals surface area contributed by atoms with Crippen LogP contribution in [0.25, 0.3) is 0 Å². The van der Waals surface area contributed by atoms with Crippen LogP contribution in [0.1, 0.15) is 0 Å². The van der Waals surface area contributed by atoms with Gasteiger partial charge in [0.1, 0.15) is 5.03 Å². The van der Waals surface area contributed by atoms with Gasteiger partial charge in [-0.25, -0.2) is 4.79 Å². The second-order valence-electron chi connectivity index (χ2n) is 2.82. The maximum Gasteiger partial charge on any atom is 0.348 e. The number of carboxylic acids is 1. The van der Waals surface area contributed by atoms with Crippen LogP contribution in [0.3, 0.4) is 0 Å². The number of aliphatic carboxylic acids is 1. The topological polar surface area (TPSA) is 61.7 Å². The van der Waals surface area contributed by atoms with Crippen molar-refractivity contribution >= 4 is 52.7 Å². The molecule has 0 aliphatic heterocycles. The summed E-state index contributed by atoms with van der Waals surface area (Å²) in [6.45, 7) is 0. The minimum absolute atomic E-state index is 0.182. The lowest BCUT2D eigenvalue weighted by atomic mass is 10.3. The van der Waals surface area contributed by atoms with Gasteiger partial charge in [-0.15, -0.1) is 0 Å². The van der Waals surface area contributed by atoms with Gasteiger partial charge in [-0.2, -0.15) is 5.10 Å². The Morgan fingerprint density at radius 3 is 2.59 bits per heavy atom. The molecule has 0 bridgehead atoms. The number of benzene rings is 1. The quantitative estimate of drug-likeness (QED) is 0.507. The molecule has 90 valence electrons. The summed E-state index contributed by atoms with van der Waals surface area (Å²) in [4.78, 5) is 10.5. The third-order valence-corrected chi connectivity index (χ3v) is 2.71. The Morgan fingerprint density at radius 2 is 2.00 bits per heavy atom. The number of carboxylic acid groups (broad SMARTS) is 1. The maximum absolute atomic E-state index is 10.5. The van der Waals surface area contributed by atoms with Crippen molar-refractivity contribution in [1.29, 1.82) is 0 Å². The first kappa shape index (κ1) is 13.8. The first-order chi connectivity index (χ1) is 8.02. The number of carbonyl (C=O) groups is 1. The van der Waals surface area contributed by atoms with Crippen molar-refractivity contribution in [2.45, 2.75) is 0 Å². The Balaban J connectivity index is 2.72. The van der Waals surface area contributed by atoms with Gasteiger partial charge in [-0.1, -0.05) is 46.9 Å². The van der Waals surface area contributed by atoms with Crippen molar-refractivity contribution < 1.29 is 9.90 Å². The van der Waals surface area contributed by atoms with E-state index in [0.717, 1.165) is 6.21 Å². The highest BCUT2D eigenvalue weighted by Crippen LogP contribution is 2.20. The Hall–Kier alpha value is -1.23. The summed E-state index contributed by atoms with van der Waals surface area (Å²) < 4.78 is 0. The van der Waals surface area contributed by atoms with Gasteiger partial charge >= 0.3 is 5.97 Å². The molecule has 0 unspecified atom stereocenters. The molecule has 17 heavy (non-hydrogen) atoms. The highest BCUT2D eigenvalue weighted by Gasteiger charge is 2.07. The highest BCUT2D eigenvalue weighted by molar-refractivity contribution is 6.51. The molecule has 0 aromatic heterocycles. The third kappa shape index (κ3) is 4.26. The SMILES string of the molecule is O=C(O)C(Cl)=C(Cl)C=NNc1ccccc1Cl. The molecule has 0 amide bonds. The zero-order valence-electron chi connectivity index (χ0n) is 8.32. The van der Waals surface area contributed by atoms with Crippen LogP contribution < -0.4 is 5.43 Å². The summed E-state index contributed by atoms with van der Waals surface area (Å²) in [5, 5.41) is 12.0. The van der Waals surface area contributed by atoms with Crippen molar-refractivity contribution in [3.8, 4) is 0 Å². The van der Waals surface area contributed by atoms with Crippen molar-refractivity contribution in [1.82, 2.24) is 0 Å². The minimum atomic E-state index is -1.32. The fourth-order valence-corrected chi connectivity index (χ4v) is 1.23. The third-order valence-electron chi connectivity index (χ3n) is 1.63. The molecule has 1 rings (SSSR count). The first-order valence-electron chi connectivity index (χ1n) is 4.34. The van der Waals surface area contributed by atoms with E-state index in [9.17, 15) is 4.79 Å². The summed E-state index contributed by atoms with van der Waals surface area (Å²) in [5.74, 6) is -1.32. The number of anilines is 1. The van der Waals surface area contributed by atoms with E-state index in [0.29, 0.717) is 10.7 Å². The monoisotopic (exact) mass is 292 g/mol. The molecule has 0 fully saturated rings. The molecule has 1 aromatic rings. The summed E-state index contributed by atoms with van der Waals surface area (Å²) in [6, 6.07) is 6.92. The predicted octanol–water partition coefficient (Wildman–Crippen LogP) is 3.51. The molecule has 7 heteroatoms. The number of nitrogens with zero attached hydrogens (tertiary/aromatic N) is 1. The standard InChI is InChI=1S/C10H7Cl3N2O2/c11-6-3-1-2-4-8(6)15-14-5-7(12)9(13)10(16)17/h1-5,15H,(H,16,17). The number of hydrogen-bond donors (Lipinski definition) is 2. The summed E-state index contributed by atoms with van der Waals surface area (Å²) in [5.41, 5.74) is 3.18. The molecule has 0 heterocycles. The van der Waals surface area contributed by atoms with Crippen molar-refractivity contribution in [3.05, 3.63) is 39.4 Å². The van der Waals surface area contributed by atoms with Gasteiger partial charge in [0.2, 0.25) is 0 Å². The molecular formula is C10H7Cl3N2O2. The number of nitrogens with one attached hydrogen (secondary N) is 1. The number of hydrogen-bond acceptors (Lipinski definition) is 3. The molecule has 2 N–H and O–H groups in total. The first-order valence-corrected chi connectivity index (χ1v) is 5.48. The van der Waals surface area contributed by atoms with Crippen LogP contribution >= 0.6 is 34.8 Å². The van der Waals surface area contributed by atoms with E-state index in [1.807, 2.05) is 0 Å². The van der Waals surface area contributed by atoms with Gasteiger partial charge in [0.05, 0.1) is 22.0 Å². The Labute approximate surface area is 112 Å². The number of para-hydroxylation sites is 1. The fourth-order valence-electron chi connectivity index (χ4n) is 0.869. The molecular weight excluding hydrogens is 286 g/mol. The highest BCUT2D eigenvalue weighted by atomic mass is 35.5. The van der Waals surface area contributed by atoms with E-state index >= 15 is 0 Å². The number of halogens is 3. The Morgan fingerprint density at radius 1 is 1.35 bits per heavy atom. The van der Waals surface area contributed by atoms with Crippen molar-refractivity contribution in [2.75, 3.05) is 5.43 Å². The van der Waals surface area contributed by atoms with E-state index in [4.69, 9.17) is 39.9 Å².